The van der Waals surface area contributed by atoms with Crippen molar-refractivity contribution >= 4 is 39.8 Å². The first-order valence-corrected chi connectivity index (χ1v) is 9.07. The van der Waals surface area contributed by atoms with Crippen LogP contribution in [0.4, 0.5) is 0 Å². The lowest BCUT2D eigenvalue weighted by atomic mass is 9.77. The number of rotatable bonds is 1. The second-order valence-electron chi connectivity index (χ2n) is 7.06. The normalized spacial score (nSPS) is 18.8. The number of hydrogen-bond acceptors (Lipinski definition) is 2. The van der Waals surface area contributed by atoms with Gasteiger partial charge in [-0.1, -0.05) is 54.4 Å². The quantitative estimate of drug-likeness (QED) is 0.496. The summed E-state index contributed by atoms with van der Waals surface area (Å²) in [5.74, 6) is 0.243. The molecule has 2 nitrogen and oxygen atoms in total. The number of hydrogen-bond donors (Lipinski definition) is 0. The number of fused-ring (bicyclic) bond motifs is 2. The molecule has 1 aliphatic rings. The minimum absolute atomic E-state index is 0.232. The molecule has 0 fully saturated rings. The van der Waals surface area contributed by atoms with Gasteiger partial charge in [0.1, 0.15) is 0 Å². The van der Waals surface area contributed by atoms with E-state index < -0.39 is 0 Å². The van der Waals surface area contributed by atoms with Gasteiger partial charge in [-0.3, -0.25) is 9.98 Å². The summed E-state index contributed by atoms with van der Waals surface area (Å²) in [4.78, 5) is 9.53. The number of nitrogens with zero attached hydrogens (tertiary/aromatic N) is 2. The molecule has 1 unspecified atom stereocenters. The van der Waals surface area contributed by atoms with Gasteiger partial charge in [-0.05, 0) is 37.6 Å². The molecule has 0 radical (unpaired) electrons. The molecule has 0 saturated heterocycles. The van der Waals surface area contributed by atoms with Crippen molar-refractivity contribution in [3.8, 4) is 0 Å². The molecule has 0 N–H and O–H groups in total. The molecule has 1 atom stereocenters. The molecular weight excluding hydrogens is 351 g/mol. The fourth-order valence-corrected chi connectivity index (χ4v) is 4.02. The van der Waals surface area contributed by atoms with E-state index in [1.54, 1.807) is 6.20 Å². The van der Waals surface area contributed by atoms with Gasteiger partial charge in [0, 0.05) is 33.7 Å². The van der Waals surface area contributed by atoms with Crippen molar-refractivity contribution in [2.24, 2.45) is 4.99 Å². The van der Waals surface area contributed by atoms with Crippen molar-refractivity contribution in [2.45, 2.75) is 32.2 Å². The summed E-state index contributed by atoms with van der Waals surface area (Å²) in [6.07, 6.45) is 1.73. The van der Waals surface area contributed by atoms with Crippen LogP contribution in [0.5, 0.6) is 0 Å². The molecule has 126 valence electrons. The van der Waals surface area contributed by atoms with E-state index in [9.17, 15) is 0 Å². The SMILES string of the molecule is CC1c2c(Cl)cccc2C(c2ccc3c(Cl)ccnc3c2)=NC1(C)C. The third-order valence-corrected chi connectivity index (χ3v) is 5.82. The van der Waals surface area contributed by atoms with Gasteiger partial charge < -0.3 is 0 Å². The molecule has 2 aromatic carbocycles. The lowest BCUT2D eigenvalue weighted by Gasteiger charge is -2.36. The third-order valence-electron chi connectivity index (χ3n) is 5.16. The Kier molecular flexibility index (Phi) is 3.86. The summed E-state index contributed by atoms with van der Waals surface area (Å²) in [5, 5.41) is 2.45. The minimum Gasteiger partial charge on any atom is -0.277 e. The van der Waals surface area contributed by atoms with Gasteiger partial charge in [0.15, 0.2) is 0 Å². The van der Waals surface area contributed by atoms with Gasteiger partial charge in [0.2, 0.25) is 0 Å². The van der Waals surface area contributed by atoms with E-state index in [1.165, 1.54) is 5.56 Å². The van der Waals surface area contributed by atoms with Crippen LogP contribution in [0.3, 0.4) is 0 Å². The summed E-state index contributed by atoms with van der Waals surface area (Å²) in [7, 11) is 0. The van der Waals surface area contributed by atoms with Crippen LogP contribution in [0.15, 0.2) is 53.7 Å². The van der Waals surface area contributed by atoms with Crippen LogP contribution >= 0.6 is 23.2 Å². The van der Waals surface area contributed by atoms with Crippen molar-refractivity contribution in [2.75, 3.05) is 0 Å². The highest BCUT2D eigenvalue weighted by molar-refractivity contribution is 6.35. The number of aromatic nitrogens is 1. The number of halogens is 2. The Bertz CT molecular complexity index is 1020. The van der Waals surface area contributed by atoms with E-state index in [4.69, 9.17) is 28.2 Å². The second kappa shape index (κ2) is 5.82. The Morgan fingerprint density at radius 2 is 1.80 bits per heavy atom. The van der Waals surface area contributed by atoms with Crippen molar-refractivity contribution in [1.82, 2.24) is 4.98 Å². The highest BCUT2D eigenvalue weighted by Crippen LogP contribution is 2.42. The average molecular weight is 369 g/mol. The Labute approximate surface area is 157 Å². The van der Waals surface area contributed by atoms with Crippen molar-refractivity contribution < 1.29 is 0 Å². The molecule has 3 aromatic rings. The van der Waals surface area contributed by atoms with Crippen LogP contribution in [0, 0.1) is 0 Å². The van der Waals surface area contributed by atoms with Crippen LogP contribution in [0.25, 0.3) is 10.9 Å². The molecule has 1 aliphatic heterocycles. The second-order valence-corrected chi connectivity index (χ2v) is 7.88. The van der Waals surface area contributed by atoms with Crippen molar-refractivity contribution in [1.29, 1.82) is 0 Å². The van der Waals surface area contributed by atoms with E-state index in [0.717, 1.165) is 32.8 Å². The van der Waals surface area contributed by atoms with E-state index in [0.29, 0.717) is 5.02 Å². The topological polar surface area (TPSA) is 25.2 Å². The van der Waals surface area contributed by atoms with Crippen LogP contribution in [-0.4, -0.2) is 16.2 Å². The van der Waals surface area contributed by atoms with E-state index >= 15 is 0 Å². The number of aliphatic imine (C=N–C) groups is 1. The first kappa shape index (κ1) is 16.6. The van der Waals surface area contributed by atoms with Gasteiger partial charge in [-0.25, -0.2) is 0 Å². The summed E-state index contributed by atoms with van der Waals surface area (Å²) in [5.41, 5.74) is 4.89. The van der Waals surface area contributed by atoms with Crippen molar-refractivity contribution in [3.63, 3.8) is 0 Å². The monoisotopic (exact) mass is 368 g/mol. The van der Waals surface area contributed by atoms with Gasteiger partial charge in [0.05, 0.1) is 21.8 Å². The van der Waals surface area contributed by atoms with Crippen LogP contribution in [0.2, 0.25) is 10.0 Å². The first-order valence-electron chi connectivity index (χ1n) is 8.32. The van der Waals surface area contributed by atoms with E-state index in [-0.39, 0.29) is 11.5 Å². The van der Waals surface area contributed by atoms with E-state index in [2.05, 4.69) is 44.0 Å². The zero-order valence-corrected chi connectivity index (χ0v) is 15.9. The lowest BCUT2D eigenvalue weighted by molar-refractivity contribution is 0.432. The van der Waals surface area contributed by atoms with Gasteiger partial charge in [-0.15, -0.1) is 0 Å². The van der Waals surface area contributed by atoms with E-state index in [1.807, 2.05) is 24.3 Å². The Hall–Kier alpha value is -1.90. The van der Waals surface area contributed by atoms with Crippen molar-refractivity contribution in [3.05, 3.63) is 75.4 Å². The predicted molar refractivity (Wildman–Crippen MR) is 106 cm³/mol. The van der Waals surface area contributed by atoms with Crippen LogP contribution < -0.4 is 0 Å². The standard InChI is InChI=1S/C21H18Cl2N2/c1-12-19-15(5-4-6-17(19)23)20(25-21(12,2)3)13-7-8-14-16(22)9-10-24-18(14)11-13/h4-12H,1-3H3. The van der Waals surface area contributed by atoms with Crippen LogP contribution in [-0.2, 0) is 0 Å². The zero-order valence-electron chi connectivity index (χ0n) is 14.3. The van der Waals surface area contributed by atoms with Crippen LogP contribution in [0.1, 0.15) is 43.4 Å². The molecule has 2 heterocycles. The maximum Gasteiger partial charge on any atom is 0.0729 e. The molecular formula is C21H18Cl2N2. The Balaban J connectivity index is 1.97. The molecule has 4 rings (SSSR count). The summed E-state index contributed by atoms with van der Waals surface area (Å²) >= 11 is 12.8. The minimum atomic E-state index is -0.232. The molecule has 0 aliphatic carbocycles. The number of benzene rings is 2. The lowest BCUT2D eigenvalue weighted by Crippen LogP contribution is -2.33. The molecule has 0 spiro atoms. The third kappa shape index (κ3) is 2.65. The molecule has 0 bridgehead atoms. The average Bonchev–Trinajstić information content (AvgIpc) is 2.58. The summed E-state index contributed by atoms with van der Waals surface area (Å²) in [6, 6.07) is 14.0. The highest BCUT2D eigenvalue weighted by atomic mass is 35.5. The molecule has 0 amide bonds. The Morgan fingerprint density at radius 1 is 1.00 bits per heavy atom. The Morgan fingerprint density at radius 3 is 2.60 bits per heavy atom. The largest absolute Gasteiger partial charge is 0.277 e. The fourth-order valence-electron chi connectivity index (χ4n) is 3.46. The summed E-state index contributed by atoms with van der Waals surface area (Å²) in [6.45, 7) is 6.49. The predicted octanol–water partition coefficient (Wildman–Crippen LogP) is 6.27. The molecule has 1 aromatic heterocycles. The maximum atomic E-state index is 6.55. The smallest absolute Gasteiger partial charge is 0.0729 e. The molecule has 0 saturated carbocycles. The highest BCUT2D eigenvalue weighted by Gasteiger charge is 2.35. The van der Waals surface area contributed by atoms with Gasteiger partial charge in [-0.2, -0.15) is 0 Å². The zero-order chi connectivity index (χ0) is 17.8. The fraction of sp³-hybridized carbons (Fsp3) is 0.238. The summed E-state index contributed by atoms with van der Waals surface area (Å²) < 4.78 is 0. The molecule has 25 heavy (non-hydrogen) atoms. The van der Waals surface area contributed by atoms with Gasteiger partial charge >= 0.3 is 0 Å². The molecule has 4 heteroatoms. The first-order chi connectivity index (χ1) is 11.9. The number of pyridine rings is 1. The maximum absolute atomic E-state index is 6.55. The van der Waals surface area contributed by atoms with Gasteiger partial charge in [0.25, 0.3) is 0 Å².